The largest absolute Gasteiger partial charge is 0.455 e. The number of thioether (sulfide) groups is 1. The van der Waals surface area contributed by atoms with Gasteiger partial charge in [-0.1, -0.05) is 23.9 Å². The molecule has 2 aromatic heterocycles. The lowest BCUT2D eigenvalue weighted by molar-refractivity contribution is -0.130. The molecule has 1 aromatic carbocycles. The smallest absolute Gasteiger partial charge is 0.289 e. The predicted octanol–water partition coefficient (Wildman–Crippen LogP) is 3.02. The van der Waals surface area contributed by atoms with Gasteiger partial charge in [0.1, 0.15) is 11.3 Å². The summed E-state index contributed by atoms with van der Waals surface area (Å²) in [5.74, 6) is 1.43. The van der Waals surface area contributed by atoms with Gasteiger partial charge in [-0.25, -0.2) is 4.98 Å². The van der Waals surface area contributed by atoms with E-state index in [1.807, 2.05) is 24.3 Å². The van der Waals surface area contributed by atoms with Crippen LogP contribution in [-0.4, -0.2) is 52.8 Å². The summed E-state index contributed by atoms with van der Waals surface area (Å²) >= 11 is 1.42. The molecule has 1 aliphatic rings. The van der Waals surface area contributed by atoms with E-state index >= 15 is 0 Å². The highest BCUT2D eigenvalue weighted by molar-refractivity contribution is 7.98. The van der Waals surface area contributed by atoms with Gasteiger partial charge in [-0.15, -0.1) is 0 Å². The van der Waals surface area contributed by atoms with E-state index in [4.69, 9.17) is 8.83 Å². The van der Waals surface area contributed by atoms with Crippen LogP contribution in [0.3, 0.4) is 0 Å². The maximum absolute atomic E-state index is 12.6. The molecule has 0 saturated carbocycles. The first kappa shape index (κ1) is 17.7. The van der Waals surface area contributed by atoms with Gasteiger partial charge in [0.2, 0.25) is 5.91 Å². The fourth-order valence-electron chi connectivity index (χ4n) is 3.00. The fourth-order valence-corrected chi connectivity index (χ4v) is 3.73. The van der Waals surface area contributed by atoms with Crippen LogP contribution in [0.25, 0.3) is 11.1 Å². The van der Waals surface area contributed by atoms with E-state index in [0.717, 1.165) is 11.1 Å². The van der Waals surface area contributed by atoms with Crippen LogP contribution in [0.4, 0.5) is 0 Å². The van der Waals surface area contributed by atoms with Gasteiger partial charge in [-0.3, -0.25) is 9.59 Å². The quantitative estimate of drug-likeness (QED) is 0.643. The third-order valence-electron chi connectivity index (χ3n) is 4.50. The Hall–Kier alpha value is -2.74. The molecule has 1 fully saturated rings. The Morgan fingerprint density at radius 2 is 1.78 bits per heavy atom. The number of amides is 2. The number of piperazine rings is 1. The van der Waals surface area contributed by atoms with Gasteiger partial charge >= 0.3 is 0 Å². The monoisotopic (exact) mass is 385 g/mol. The van der Waals surface area contributed by atoms with Crippen molar-refractivity contribution in [1.29, 1.82) is 0 Å². The van der Waals surface area contributed by atoms with Gasteiger partial charge in [0, 0.05) is 33.1 Å². The van der Waals surface area contributed by atoms with E-state index in [1.165, 1.54) is 11.8 Å². The molecule has 140 valence electrons. The summed E-state index contributed by atoms with van der Waals surface area (Å²) in [6.07, 6.45) is 0. The third kappa shape index (κ3) is 3.85. The summed E-state index contributed by atoms with van der Waals surface area (Å²) in [5, 5.41) is 0.570. The van der Waals surface area contributed by atoms with Gasteiger partial charge in [-0.2, -0.15) is 0 Å². The van der Waals surface area contributed by atoms with Gasteiger partial charge < -0.3 is 18.6 Å². The van der Waals surface area contributed by atoms with E-state index in [2.05, 4.69) is 4.98 Å². The molecule has 0 unspecified atom stereocenters. The lowest BCUT2D eigenvalue weighted by atomic mass is 10.3. The molecule has 7 nitrogen and oxygen atoms in total. The van der Waals surface area contributed by atoms with Crippen molar-refractivity contribution in [3.63, 3.8) is 0 Å². The Morgan fingerprint density at radius 3 is 2.52 bits per heavy atom. The molecule has 0 radical (unpaired) electrons. The molecule has 0 spiro atoms. The number of oxazole rings is 1. The first-order valence-electron chi connectivity index (χ1n) is 8.72. The number of hydrogen-bond donors (Lipinski definition) is 0. The van der Waals surface area contributed by atoms with Crippen molar-refractivity contribution in [2.75, 3.05) is 26.2 Å². The highest BCUT2D eigenvalue weighted by atomic mass is 32.2. The van der Waals surface area contributed by atoms with Crippen LogP contribution in [0.2, 0.25) is 0 Å². The van der Waals surface area contributed by atoms with Crippen molar-refractivity contribution in [3.05, 3.63) is 47.9 Å². The van der Waals surface area contributed by atoms with Crippen LogP contribution in [-0.2, 0) is 10.5 Å². The lowest BCUT2D eigenvalue weighted by Crippen LogP contribution is -2.50. The van der Waals surface area contributed by atoms with Crippen LogP contribution in [0.1, 0.15) is 23.2 Å². The maximum Gasteiger partial charge on any atom is 0.289 e. The number of furan rings is 1. The van der Waals surface area contributed by atoms with Crippen LogP contribution in [0.5, 0.6) is 0 Å². The molecular weight excluding hydrogens is 366 g/mol. The molecule has 27 heavy (non-hydrogen) atoms. The van der Waals surface area contributed by atoms with Crippen molar-refractivity contribution >= 4 is 34.7 Å². The molecule has 1 saturated heterocycles. The van der Waals surface area contributed by atoms with Crippen molar-refractivity contribution < 1.29 is 18.4 Å². The van der Waals surface area contributed by atoms with Crippen LogP contribution >= 0.6 is 11.8 Å². The number of carbonyl (C=O) groups excluding carboxylic acids is 2. The van der Waals surface area contributed by atoms with Gasteiger partial charge in [0.05, 0.1) is 5.75 Å². The normalized spacial score (nSPS) is 14.7. The standard InChI is InChI=1S/C19H19N3O4S/c1-13(23)21-8-10-22(11-9-21)18(24)17-7-6-14(25-17)12-27-19-20-15-4-2-3-5-16(15)26-19/h2-7H,8-12H2,1H3. The fraction of sp³-hybridized carbons (Fsp3) is 0.316. The Labute approximate surface area is 160 Å². The van der Waals surface area contributed by atoms with Crippen molar-refractivity contribution in [2.24, 2.45) is 0 Å². The second kappa shape index (κ2) is 7.48. The topological polar surface area (TPSA) is 79.8 Å². The second-order valence-corrected chi connectivity index (χ2v) is 7.23. The minimum absolute atomic E-state index is 0.0404. The third-order valence-corrected chi connectivity index (χ3v) is 5.35. The summed E-state index contributed by atoms with van der Waals surface area (Å²) in [6.45, 7) is 3.70. The minimum atomic E-state index is -0.142. The Kier molecular flexibility index (Phi) is 4.89. The first-order valence-corrected chi connectivity index (χ1v) is 9.70. The summed E-state index contributed by atoms with van der Waals surface area (Å²) in [4.78, 5) is 31.8. The van der Waals surface area contributed by atoms with Crippen molar-refractivity contribution in [3.8, 4) is 0 Å². The van der Waals surface area contributed by atoms with Crippen LogP contribution in [0, 0.1) is 0 Å². The Balaban J connectivity index is 1.35. The molecule has 2 amide bonds. The molecule has 0 aliphatic carbocycles. The minimum Gasteiger partial charge on any atom is -0.455 e. The molecule has 8 heteroatoms. The predicted molar refractivity (Wildman–Crippen MR) is 100 cm³/mol. The highest BCUT2D eigenvalue weighted by Gasteiger charge is 2.25. The molecule has 1 aliphatic heterocycles. The molecule has 4 rings (SSSR count). The lowest BCUT2D eigenvalue weighted by Gasteiger charge is -2.33. The average molecular weight is 385 g/mol. The molecule has 3 heterocycles. The summed E-state index contributed by atoms with van der Waals surface area (Å²) in [7, 11) is 0. The first-order chi connectivity index (χ1) is 13.1. The van der Waals surface area contributed by atoms with E-state index in [-0.39, 0.29) is 11.8 Å². The number of benzene rings is 1. The molecule has 0 bridgehead atoms. The number of fused-ring (bicyclic) bond motifs is 1. The number of rotatable bonds is 4. The number of nitrogens with zero attached hydrogens (tertiary/aromatic N) is 3. The maximum atomic E-state index is 12.6. The second-order valence-electron chi connectivity index (χ2n) is 6.30. The highest BCUT2D eigenvalue weighted by Crippen LogP contribution is 2.27. The molecule has 0 atom stereocenters. The van der Waals surface area contributed by atoms with E-state index in [1.54, 1.807) is 28.9 Å². The molecule has 3 aromatic rings. The summed E-state index contributed by atoms with van der Waals surface area (Å²) in [6, 6.07) is 11.1. The molecular formula is C19H19N3O4S. The van der Waals surface area contributed by atoms with Crippen LogP contribution < -0.4 is 0 Å². The van der Waals surface area contributed by atoms with Gasteiger partial charge in [0.15, 0.2) is 11.3 Å². The van der Waals surface area contributed by atoms with Gasteiger partial charge in [-0.05, 0) is 24.3 Å². The van der Waals surface area contributed by atoms with Crippen molar-refractivity contribution in [1.82, 2.24) is 14.8 Å². The number of hydrogen-bond acceptors (Lipinski definition) is 6. The Bertz CT molecular complexity index is 939. The number of aromatic nitrogens is 1. The van der Waals surface area contributed by atoms with E-state index in [0.29, 0.717) is 48.7 Å². The number of carbonyl (C=O) groups is 2. The zero-order valence-corrected chi connectivity index (χ0v) is 15.7. The van der Waals surface area contributed by atoms with Gasteiger partial charge in [0.25, 0.3) is 11.1 Å². The van der Waals surface area contributed by atoms with Crippen LogP contribution in [0.15, 0.2) is 50.5 Å². The number of para-hydroxylation sites is 2. The zero-order valence-electron chi connectivity index (χ0n) is 14.9. The molecule has 0 N–H and O–H groups in total. The van der Waals surface area contributed by atoms with E-state index < -0.39 is 0 Å². The van der Waals surface area contributed by atoms with Crippen molar-refractivity contribution in [2.45, 2.75) is 17.9 Å². The summed E-state index contributed by atoms with van der Waals surface area (Å²) in [5.41, 5.74) is 1.57. The Morgan fingerprint density at radius 1 is 1.04 bits per heavy atom. The average Bonchev–Trinajstić information content (AvgIpc) is 3.32. The summed E-state index contributed by atoms with van der Waals surface area (Å²) < 4.78 is 11.4. The SMILES string of the molecule is CC(=O)N1CCN(C(=O)c2ccc(CSc3nc4ccccc4o3)o2)CC1. The zero-order chi connectivity index (χ0) is 18.8. The van der Waals surface area contributed by atoms with E-state index in [9.17, 15) is 9.59 Å².